The molecule has 1 atom stereocenters. The quantitative estimate of drug-likeness (QED) is 0.688. The minimum absolute atomic E-state index is 0.655. The van der Waals surface area contributed by atoms with Crippen molar-refractivity contribution in [3.8, 4) is 0 Å². The summed E-state index contributed by atoms with van der Waals surface area (Å²) in [7, 11) is 0. The van der Waals surface area contributed by atoms with Crippen LogP contribution in [0.15, 0.2) is 0 Å². The molecular weight excluding hydrogens is 192 g/mol. The van der Waals surface area contributed by atoms with Gasteiger partial charge in [0.2, 0.25) is 0 Å². The number of thioether (sulfide) groups is 1. The zero-order chi connectivity index (χ0) is 10.2. The van der Waals surface area contributed by atoms with Crippen molar-refractivity contribution in [3.63, 3.8) is 0 Å². The maximum atomic E-state index is 5.84. The van der Waals surface area contributed by atoms with E-state index in [1.54, 1.807) is 0 Å². The predicted molar refractivity (Wildman–Crippen MR) is 65.9 cm³/mol. The fourth-order valence-corrected chi connectivity index (χ4v) is 2.95. The molecule has 0 spiro atoms. The van der Waals surface area contributed by atoms with E-state index >= 15 is 0 Å². The predicted octanol–water partition coefficient (Wildman–Crippen LogP) is 1.94. The van der Waals surface area contributed by atoms with E-state index in [4.69, 9.17) is 5.73 Å². The van der Waals surface area contributed by atoms with Gasteiger partial charge in [0, 0.05) is 37.2 Å². The monoisotopic (exact) mass is 216 g/mol. The second-order valence-electron chi connectivity index (χ2n) is 4.03. The van der Waals surface area contributed by atoms with E-state index in [1.165, 1.54) is 50.3 Å². The standard InChI is InChI=1S/C11H24N2S/c1-2-3-4-5-11(10-12)13-6-8-14-9-7-13/h11H,2-10,12H2,1H3. The highest BCUT2D eigenvalue weighted by Gasteiger charge is 2.18. The highest BCUT2D eigenvalue weighted by Crippen LogP contribution is 2.15. The van der Waals surface area contributed by atoms with Crippen molar-refractivity contribution in [2.24, 2.45) is 5.73 Å². The molecule has 0 radical (unpaired) electrons. The van der Waals surface area contributed by atoms with Crippen LogP contribution in [0.4, 0.5) is 0 Å². The fraction of sp³-hybridized carbons (Fsp3) is 1.00. The minimum atomic E-state index is 0.655. The molecule has 3 heteroatoms. The third kappa shape index (κ3) is 4.20. The SMILES string of the molecule is CCCCCC(CN)N1CCSCC1. The van der Waals surface area contributed by atoms with Crippen molar-refractivity contribution < 1.29 is 0 Å². The molecule has 1 aliphatic heterocycles. The van der Waals surface area contributed by atoms with E-state index in [2.05, 4.69) is 23.6 Å². The molecule has 1 saturated heterocycles. The maximum Gasteiger partial charge on any atom is 0.0219 e. The van der Waals surface area contributed by atoms with Gasteiger partial charge in [0.1, 0.15) is 0 Å². The van der Waals surface area contributed by atoms with Crippen LogP contribution in [0.5, 0.6) is 0 Å². The third-order valence-electron chi connectivity index (χ3n) is 2.98. The Bertz CT molecular complexity index is 135. The topological polar surface area (TPSA) is 29.3 Å². The van der Waals surface area contributed by atoms with Gasteiger partial charge < -0.3 is 5.73 Å². The lowest BCUT2D eigenvalue weighted by molar-refractivity contribution is 0.206. The molecule has 14 heavy (non-hydrogen) atoms. The summed E-state index contributed by atoms with van der Waals surface area (Å²) in [5.74, 6) is 2.59. The number of unbranched alkanes of at least 4 members (excludes halogenated alkanes) is 2. The summed E-state index contributed by atoms with van der Waals surface area (Å²) in [6.07, 6.45) is 5.32. The average Bonchev–Trinajstić information content (AvgIpc) is 2.26. The van der Waals surface area contributed by atoms with Gasteiger partial charge in [0.05, 0.1) is 0 Å². The Hall–Kier alpha value is 0.270. The molecule has 0 bridgehead atoms. The van der Waals surface area contributed by atoms with Crippen LogP contribution < -0.4 is 5.73 Å². The van der Waals surface area contributed by atoms with Crippen molar-refractivity contribution in [2.75, 3.05) is 31.1 Å². The molecule has 2 nitrogen and oxygen atoms in total. The number of hydrogen-bond acceptors (Lipinski definition) is 3. The van der Waals surface area contributed by atoms with Crippen LogP contribution >= 0.6 is 11.8 Å². The van der Waals surface area contributed by atoms with E-state index in [0.717, 1.165) is 6.54 Å². The molecule has 0 amide bonds. The summed E-state index contributed by atoms with van der Waals surface area (Å²) >= 11 is 2.07. The van der Waals surface area contributed by atoms with Crippen LogP contribution in [0.3, 0.4) is 0 Å². The van der Waals surface area contributed by atoms with Crippen LogP contribution in [0.25, 0.3) is 0 Å². The Morgan fingerprint density at radius 1 is 1.29 bits per heavy atom. The van der Waals surface area contributed by atoms with Crippen LogP contribution in [-0.2, 0) is 0 Å². The molecule has 1 fully saturated rings. The Balaban J connectivity index is 2.21. The van der Waals surface area contributed by atoms with E-state index in [9.17, 15) is 0 Å². The molecule has 2 N–H and O–H groups in total. The molecule has 1 aliphatic rings. The molecule has 1 rings (SSSR count). The summed E-state index contributed by atoms with van der Waals surface area (Å²) in [5.41, 5.74) is 5.84. The summed E-state index contributed by atoms with van der Waals surface area (Å²) < 4.78 is 0. The first-order chi connectivity index (χ1) is 6.88. The first kappa shape index (κ1) is 12.3. The van der Waals surface area contributed by atoms with E-state index in [0.29, 0.717) is 6.04 Å². The zero-order valence-electron chi connectivity index (χ0n) is 9.37. The van der Waals surface area contributed by atoms with Gasteiger partial charge in [-0.1, -0.05) is 26.2 Å². The summed E-state index contributed by atoms with van der Waals surface area (Å²) in [6, 6.07) is 0.655. The second-order valence-corrected chi connectivity index (χ2v) is 5.26. The van der Waals surface area contributed by atoms with Gasteiger partial charge in [0.15, 0.2) is 0 Å². The Morgan fingerprint density at radius 2 is 2.00 bits per heavy atom. The molecular formula is C11H24N2S. The van der Waals surface area contributed by atoms with Crippen LogP contribution in [-0.4, -0.2) is 42.1 Å². The van der Waals surface area contributed by atoms with Crippen LogP contribution in [0.1, 0.15) is 32.6 Å². The molecule has 0 saturated carbocycles. The lowest BCUT2D eigenvalue weighted by Crippen LogP contribution is -2.45. The minimum Gasteiger partial charge on any atom is -0.329 e. The summed E-state index contributed by atoms with van der Waals surface area (Å²) in [6.45, 7) is 5.60. The first-order valence-corrected chi connectivity index (χ1v) is 7.05. The Morgan fingerprint density at radius 3 is 2.57 bits per heavy atom. The molecule has 0 aromatic carbocycles. The van der Waals surface area contributed by atoms with Crippen molar-refractivity contribution in [1.29, 1.82) is 0 Å². The molecule has 0 aromatic heterocycles. The van der Waals surface area contributed by atoms with Gasteiger partial charge in [0.25, 0.3) is 0 Å². The Kier molecular flexibility index (Phi) is 6.65. The van der Waals surface area contributed by atoms with Crippen molar-refractivity contribution in [1.82, 2.24) is 4.90 Å². The van der Waals surface area contributed by atoms with Crippen molar-refractivity contribution >= 4 is 11.8 Å². The van der Waals surface area contributed by atoms with Crippen LogP contribution in [0.2, 0.25) is 0 Å². The normalized spacial score (nSPS) is 21.0. The van der Waals surface area contributed by atoms with Gasteiger partial charge in [-0.2, -0.15) is 11.8 Å². The largest absolute Gasteiger partial charge is 0.329 e. The van der Waals surface area contributed by atoms with Crippen molar-refractivity contribution in [3.05, 3.63) is 0 Å². The number of nitrogens with zero attached hydrogens (tertiary/aromatic N) is 1. The highest BCUT2D eigenvalue weighted by atomic mass is 32.2. The zero-order valence-corrected chi connectivity index (χ0v) is 10.2. The second kappa shape index (κ2) is 7.55. The van der Waals surface area contributed by atoms with Gasteiger partial charge in [-0.3, -0.25) is 4.90 Å². The molecule has 84 valence electrons. The Labute approximate surface area is 92.6 Å². The smallest absolute Gasteiger partial charge is 0.0219 e. The van der Waals surface area contributed by atoms with Crippen LogP contribution in [0, 0.1) is 0 Å². The fourth-order valence-electron chi connectivity index (χ4n) is 2.02. The molecule has 0 aliphatic carbocycles. The van der Waals surface area contributed by atoms with E-state index in [1.807, 2.05) is 0 Å². The van der Waals surface area contributed by atoms with Gasteiger partial charge in [-0.25, -0.2) is 0 Å². The summed E-state index contributed by atoms with van der Waals surface area (Å²) in [4.78, 5) is 2.59. The number of hydrogen-bond donors (Lipinski definition) is 1. The molecule has 0 aromatic rings. The van der Waals surface area contributed by atoms with E-state index in [-0.39, 0.29) is 0 Å². The van der Waals surface area contributed by atoms with Crippen molar-refractivity contribution in [2.45, 2.75) is 38.6 Å². The number of rotatable bonds is 6. The average molecular weight is 216 g/mol. The van der Waals surface area contributed by atoms with E-state index < -0.39 is 0 Å². The van der Waals surface area contributed by atoms with Gasteiger partial charge in [-0.15, -0.1) is 0 Å². The maximum absolute atomic E-state index is 5.84. The first-order valence-electron chi connectivity index (χ1n) is 5.90. The molecule has 1 heterocycles. The lowest BCUT2D eigenvalue weighted by Gasteiger charge is -2.33. The highest BCUT2D eigenvalue weighted by molar-refractivity contribution is 7.99. The lowest BCUT2D eigenvalue weighted by atomic mass is 10.1. The number of nitrogens with two attached hydrogens (primary N) is 1. The summed E-state index contributed by atoms with van der Waals surface area (Å²) in [5, 5.41) is 0. The third-order valence-corrected chi connectivity index (χ3v) is 3.92. The van der Waals surface area contributed by atoms with Gasteiger partial charge in [-0.05, 0) is 6.42 Å². The molecule has 1 unspecified atom stereocenters. The van der Waals surface area contributed by atoms with Gasteiger partial charge >= 0.3 is 0 Å².